The first-order valence-electron chi connectivity index (χ1n) is 6.90. The maximum absolute atomic E-state index is 12.1. The van der Waals surface area contributed by atoms with Crippen molar-refractivity contribution in [3.05, 3.63) is 28.2 Å². The van der Waals surface area contributed by atoms with Crippen LogP contribution in [-0.4, -0.2) is 20.9 Å². The lowest BCUT2D eigenvalue weighted by Gasteiger charge is -2.21. The maximum atomic E-state index is 12.1. The van der Waals surface area contributed by atoms with Crippen molar-refractivity contribution < 1.29 is 13.2 Å². The minimum Gasteiger partial charge on any atom is -0.352 e. The van der Waals surface area contributed by atoms with Crippen LogP contribution in [0.5, 0.6) is 0 Å². The summed E-state index contributed by atoms with van der Waals surface area (Å²) in [6.45, 7) is 0.633. The molecule has 1 saturated carbocycles. The zero-order valence-electron chi connectivity index (χ0n) is 11.4. The Morgan fingerprint density at radius 3 is 2.52 bits per heavy atom. The Balaban J connectivity index is 2.06. The largest absolute Gasteiger partial charge is 0.352 e. The van der Waals surface area contributed by atoms with E-state index >= 15 is 0 Å². The van der Waals surface area contributed by atoms with Crippen molar-refractivity contribution in [1.82, 2.24) is 5.32 Å². The highest BCUT2D eigenvalue weighted by Gasteiger charge is 2.17. The van der Waals surface area contributed by atoms with Gasteiger partial charge in [-0.15, -0.1) is 0 Å². The predicted molar refractivity (Wildman–Crippen MR) is 86.1 cm³/mol. The van der Waals surface area contributed by atoms with Gasteiger partial charge in [-0.05, 0) is 37.0 Å². The normalized spacial score (nSPS) is 16.7. The molecule has 1 fully saturated rings. The summed E-state index contributed by atoms with van der Waals surface area (Å²) in [5.74, 6) is 0.245. The average Bonchev–Trinajstić information content (AvgIpc) is 2.44. The fourth-order valence-corrected chi connectivity index (χ4v) is 4.01. The standard InChI is InChI=1S/C14H17BrClNO3S/c15-12-6-11(7-13(8-12)21(16,19)20)14(18)17-9-10-4-2-1-3-5-10/h6-8,10H,1-5,9H2,(H,17,18). The molecule has 1 amide bonds. The Morgan fingerprint density at radius 2 is 1.90 bits per heavy atom. The van der Waals surface area contributed by atoms with Gasteiger partial charge in [-0.2, -0.15) is 0 Å². The van der Waals surface area contributed by atoms with Crippen molar-refractivity contribution in [3.63, 3.8) is 0 Å². The second-order valence-corrected chi connectivity index (χ2v) is 8.81. The molecule has 0 atom stereocenters. The summed E-state index contributed by atoms with van der Waals surface area (Å²) >= 11 is 3.20. The number of rotatable bonds is 4. The van der Waals surface area contributed by atoms with Gasteiger partial charge in [0.15, 0.2) is 0 Å². The lowest BCUT2D eigenvalue weighted by molar-refractivity contribution is 0.0943. The van der Waals surface area contributed by atoms with Crippen LogP contribution in [0.4, 0.5) is 0 Å². The number of hydrogen-bond acceptors (Lipinski definition) is 3. The minimum absolute atomic E-state index is 0.0821. The molecule has 0 unspecified atom stereocenters. The van der Waals surface area contributed by atoms with Gasteiger partial charge in [0.1, 0.15) is 0 Å². The van der Waals surface area contributed by atoms with Gasteiger partial charge in [0.2, 0.25) is 0 Å². The number of amides is 1. The zero-order valence-corrected chi connectivity index (χ0v) is 14.6. The number of hydrogen-bond donors (Lipinski definition) is 1. The van der Waals surface area contributed by atoms with Crippen LogP contribution in [0.3, 0.4) is 0 Å². The number of carbonyl (C=O) groups excluding carboxylic acids is 1. The highest BCUT2D eigenvalue weighted by Crippen LogP contribution is 2.24. The van der Waals surface area contributed by atoms with Crippen LogP contribution in [-0.2, 0) is 9.05 Å². The quantitative estimate of drug-likeness (QED) is 0.792. The molecule has 1 N–H and O–H groups in total. The van der Waals surface area contributed by atoms with E-state index in [4.69, 9.17) is 10.7 Å². The van der Waals surface area contributed by atoms with Crippen molar-refractivity contribution in [1.29, 1.82) is 0 Å². The average molecular weight is 395 g/mol. The SMILES string of the molecule is O=C(NCC1CCCCC1)c1cc(Br)cc(S(=O)(=O)Cl)c1. The van der Waals surface area contributed by atoms with Crippen molar-refractivity contribution in [2.24, 2.45) is 5.92 Å². The van der Waals surface area contributed by atoms with E-state index in [1.807, 2.05) is 0 Å². The second kappa shape index (κ2) is 7.11. The molecular weight excluding hydrogens is 378 g/mol. The highest BCUT2D eigenvalue weighted by molar-refractivity contribution is 9.10. The molecule has 21 heavy (non-hydrogen) atoms. The van der Waals surface area contributed by atoms with Gasteiger partial charge in [0.25, 0.3) is 15.0 Å². The summed E-state index contributed by atoms with van der Waals surface area (Å²) < 4.78 is 23.3. The van der Waals surface area contributed by atoms with Crippen molar-refractivity contribution in [3.8, 4) is 0 Å². The maximum Gasteiger partial charge on any atom is 0.261 e. The van der Waals surface area contributed by atoms with Crippen LogP contribution >= 0.6 is 26.6 Å². The van der Waals surface area contributed by atoms with Gasteiger partial charge in [-0.25, -0.2) is 8.42 Å². The Kier molecular flexibility index (Phi) is 5.68. The molecule has 1 aromatic carbocycles. The molecule has 4 nitrogen and oxygen atoms in total. The third kappa shape index (κ3) is 4.97. The summed E-state index contributed by atoms with van der Waals surface area (Å²) in [4.78, 5) is 12.1. The fourth-order valence-electron chi connectivity index (χ4n) is 2.56. The molecule has 0 aromatic heterocycles. The van der Waals surface area contributed by atoms with Gasteiger partial charge in [-0.1, -0.05) is 35.2 Å². The van der Waals surface area contributed by atoms with Gasteiger partial charge in [0, 0.05) is 27.3 Å². The van der Waals surface area contributed by atoms with Crippen LogP contribution < -0.4 is 5.32 Å². The van der Waals surface area contributed by atoms with E-state index in [0.717, 1.165) is 12.8 Å². The molecule has 0 saturated heterocycles. The smallest absolute Gasteiger partial charge is 0.261 e. The lowest BCUT2D eigenvalue weighted by Crippen LogP contribution is -2.30. The van der Waals surface area contributed by atoms with Gasteiger partial charge < -0.3 is 5.32 Å². The van der Waals surface area contributed by atoms with Crippen molar-refractivity contribution in [2.45, 2.75) is 37.0 Å². The number of carbonyl (C=O) groups is 1. The Labute approximate surface area is 137 Å². The van der Waals surface area contributed by atoms with Crippen LogP contribution in [0.2, 0.25) is 0 Å². The van der Waals surface area contributed by atoms with E-state index in [0.29, 0.717) is 22.5 Å². The topological polar surface area (TPSA) is 63.2 Å². The summed E-state index contributed by atoms with van der Waals surface area (Å²) in [6.07, 6.45) is 5.98. The monoisotopic (exact) mass is 393 g/mol. The predicted octanol–water partition coefficient (Wildman–Crippen LogP) is 3.69. The number of nitrogens with one attached hydrogen (secondary N) is 1. The first kappa shape index (κ1) is 16.8. The Bertz CT molecular complexity index is 627. The molecule has 116 valence electrons. The zero-order chi connectivity index (χ0) is 15.5. The van der Waals surface area contributed by atoms with Gasteiger partial charge >= 0.3 is 0 Å². The highest BCUT2D eigenvalue weighted by atomic mass is 79.9. The first-order valence-corrected chi connectivity index (χ1v) is 10.00. The fraction of sp³-hybridized carbons (Fsp3) is 0.500. The van der Waals surface area contributed by atoms with Crippen molar-refractivity contribution >= 4 is 41.6 Å². The summed E-state index contributed by atoms with van der Waals surface area (Å²) in [5.41, 5.74) is 0.291. The molecule has 1 aromatic rings. The number of benzene rings is 1. The molecule has 0 radical (unpaired) electrons. The molecule has 2 rings (SSSR count). The van der Waals surface area contributed by atoms with Gasteiger partial charge in [0.05, 0.1) is 4.90 Å². The summed E-state index contributed by atoms with van der Waals surface area (Å²) in [5, 5.41) is 2.88. The Hall–Kier alpha value is -0.590. The van der Waals surface area contributed by atoms with Crippen LogP contribution in [0, 0.1) is 5.92 Å². The van der Waals surface area contributed by atoms with E-state index < -0.39 is 9.05 Å². The van der Waals surface area contributed by atoms with E-state index in [-0.39, 0.29) is 10.8 Å². The van der Waals surface area contributed by atoms with E-state index in [1.165, 1.54) is 31.4 Å². The minimum atomic E-state index is -3.85. The second-order valence-electron chi connectivity index (χ2n) is 5.33. The molecule has 1 aliphatic carbocycles. The molecule has 0 bridgehead atoms. The Morgan fingerprint density at radius 1 is 1.24 bits per heavy atom. The van der Waals surface area contributed by atoms with Crippen LogP contribution in [0.25, 0.3) is 0 Å². The molecule has 0 aliphatic heterocycles. The van der Waals surface area contributed by atoms with Crippen LogP contribution in [0.1, 0.15) is 42.5 Å². The van der Waals surface area contributed by atoms with E-state index in [2.05, 4.69) is 21.2 Å². The van der Waals surface area contributed by atoms with Gasteiger partial charge in [-0.3, -0.25) is 4.79 Å². The molecule has 7 heteroatoms. The number of halogens is 2. The molecule has 1 aliphatic rings. The summed E-state index contributed by atoms with van der Waals surface area (Å²) in [7, 11) is 1.47. The van der Waals surface area contributed by atoms with E-state index in [9.17, 15) is 13.2 Å². The lowest BCUT2D eigenvalue weighted by atomic mass is 9.89. The van der Waals surface area contributed by atoms with Crippen LogP contribution in [0.15, 0.2) is 27.6 Å². The third-order valence-electron chi connectivity index (χ3n) is 3.69. The molecule has 0 spiro atoms. The molecule has 0 heterocycles. The molecular formula is C14H17BrClNO3S. The first-order chi connectivity index (χ1) is 9.86. The summed E-state index contributed by atoms with van der Waals surface area (Å²) in [6, 6.07) is 4.26. The van der Waals surface area contributed by atoms with Crippen molar-refractivity contribution in [2.75, 3.05) is 6.54 Å². The third-order valence-corrected chi connectivity index (χ3v) is 5.48. The van der Waals surface area contributed by atoms with E-state index in [1.54, 1.807) is 6.07 Å².